The van der Waals surface area contributed by atoms with Crippen LogP contribution in [0, 0.1) is 13.8 Å². The second-order valence-corrected chi connectivity index (χ2v) is 7.27. The average Bonchev–Trinajstić information content (AvgIpc) is 2.86. The first kappa shape index (κ1) is 14.7. The monoisotopic (exact) mass is 300 g/mol. The maximum atomic E-state index is 6.67. The van der Waals surface area contributed by atoms with Gasteiger partial charge in [0.15, 0.2) is 0 Å². The van der Waals surface area contributed by atoms with Crippen molar-refractivity contribution in [1.29, 1.82) is 0 Å². The summed E-state index contributed by atoms with van der Waals surface area (Å²) in [6.07, 6.45) is 7.24. The summed E-state index contributed by atoms with van der Waals surface area (Å²) in [7, 11) is 0. The molecule has 0 spiro atoms. The molecule has 0 unspecified atom stereocenters. The molecule has 2 nitrogen and oxygen atoms in total. The predicted octanol–water partition coefficient (Wildman–Crippen LogP) is 4.94. The number of thiazole rings is 1. The van der Waals surface area contributed by atoms with Gasteiger partial charge in [-0.05, 0) is 43.9 Å². The molecule has 2 N–H and O–H groups in total. The fraction of sp³-hybridized carbons (Fsp3) is 0.500. The third kappa shape index (κ3) is 3.04. The molecule has 1 aromatic carbocycles. The normalized spacial score (nSPS) is 18.4. The van der Waals surface area contributed by atoms with Crippen molar-refractivity contribution in [2.24, 2.45) is 5.73 Å². The Kier molecular flexibility index (Phi) is 4.14. The van der Waals surface area contributed by atoms with E-state index in [2.05, 4.69) is 37.4 Å². The molecule has 1 aliphatic carbocycles. The number of aryl methyl sites for hydroxylation is 2. The zero-order valence-electron chi connectivity index (χ0n) is 13.0. The Hall–Kier alpha value is -1.19. The molecule has 0 atom stereocenters. The van der Waals surface area contributed by atoms with Crippen molar-refractivity contribution in [3.05, 3.63) is 39.7 Å². The number of nitrogens with zero attached hydrogens (tertiary/aromatic N) is 1. The second-order valence-electron chi connectivity index (χ2n) is 6.41. The number of aromatic nitrogens is 1. The van der Waals surface area contributed by atoms with Crippen LogP contribution in [-0.4, -0.2) is 4.98 Å². The number of benzene rings is 1. The maximum Gasteiger partial charge on any atom is 0.113 e. The molecule has 1 aliphatic rings. The van der Waals surface area contributed by atoms with Gasteiger partial charge in [0.1, 0.15) is 5.01 Å². The van der Waals surface area contributed by atoms with Crippen molar-refractivity contribution in [2.45, 2.75) is 57.9 Å². The molecule has 0 radical (unpaired) electrons. The Morgan fingerprint density at radius 2 is 1.76 bits per heavy atom. The van der Waals surface area contributed by atoms with Crippen LogP contribution in [0.25, 0.3) is 11.3 Å². The third-order valence-electron chi connectivity index (χ3n) is 4.73. The van der Waals surface area contributed by atoms with Crippen LogP contribution in [0.1, 0.15) is 54.7 Å². The largest absolute Gasteiger partial charge is 0.319 e. The summed E-state index contributed by atoms with van der Waals surface area (Å²) in [6.45, 7) is 4.30. The zero-order chi connectivity index (χ0) is 14.9. The van der Waals surface area contributed by atoms with Crippen LogP contribution in [0.3, 0.4) is 0 Å². The lowest BCUT2D eigenvalue weighted by Gasteiger charge is -2.25. The highest BCUT2D eigenvalue weighted by molar-refractivity contribution is 7.10. The Balaban J connectivity index is 1.90. The number of rotatable bonds is 2. The minimum atomic E-state index is -0.195. The molecular formula is C18H24N2S. The van der Waals surface area contributed by atoms with Gasteiger partial charge in [0, 0.05) is 10.9 Å². The van der Waals surface area contributed by atoms with Crippen molar-refractivity contribution in [1.82, 2.24) is 4.98 Å². The van der Waals surface area contributed by atoms with Gasteiger partial charge in [0.2, 0.25) is 0 Å². The Morgan fingerprint density at radius 1 is 1.05 bits per heavy atom. The van der Waals surface area contributed by atoms with E-state index in [1.165, 1.54) is 42.4 Å². The first-order chi connectivity index (χ1) is 10.1. The van der Waals surface area contributed by atoms with E-state index in [1.54, 1.807) is 11.3 Å². The Bertz CT molecular complexity index is 622. The SMILES string of the molecule is Cc1ccc(-c2csc(C3(N)CCCCCC3)n2)cc1C. The fourth-order valence-electron chi connectivity index (χ4n) is 3.11. The number of nitrogens with two attached hydrogens (primary N) is 1. The first-order valence-corrected chi connectivity index (χ1v) is 8.79. The molecule has 3 rings (SSSR count). The molecule has 0 saturated heterocycles. The average molecular weight is 300 g/mol. The number of hydrogen-bond acceptors (Lipinski definition) is 3. The zero-order valence-corrected chi connectivity index (χ0v) is 13.8. The molecule has 1 saturated carbocycles. The van der Waals surface area contributed by atoms with E-state index in [9.17, 15) is 0 Å². The smallest absolute Gasteiger partial charge is 0.113 e. The van der Waals surface area contributed by atoms with Crippen molar-refractivity contribution in [3.63, 3.8) is 0 Å². The van der Waals surface area contributed by atoms with E-state index in [1.807, 2.05) is 0 Å². The van der Waals surface area contributed by atoms with E-state index in [4.69, 9.17) is 10.7 Å². The van der Waals surface area contributed by atoms with E-state index >= 15 is 0 Å². The topological polar surface area (TPSA) is 38.9 Å². The summed E-state index contributed by atoms with van der Waals surface area (Å²) >= 11 is 1.73. The fourth-order valence-corrected chi connectivity index (χ4v) is 4.11. The predicted molar refractivity (Wildman–Crippen MR) is 90.6 cm³/mol. The molecule has 112 valence electrons. The molecule has 21 heavy (non-hydrogen) atoms. The Morgan fingerprint density at radius 3 is 2.43 bits per heavy atom. The molecule has 1 aromatic heterocycles. The molecule has 3 heteroatoms. The van der Waals surface area contributed by atoms with E-state index in [0.717, 1.165) is 23.5 Å². The van der Waals surface area contributed by atoms with Crippen LogP contribution < -0.4 is 5.73 Å². The molecular weight excluding hydrogens is 276 g/mol. The highest BCUT2D eigenvalue weighted by Gasteiger charge is 2.31. The van der Waals surface area contributed by atoms with E-state index in [0.29, 0.717) is 0 Å². The molecule has 0 aliphatic heterocycles. The van der Waals surface area contributed by atoms with Gasteiger partial charge < -0.3 is 5.73 Å². The third-order valence-corrected chi connectivity index (χ3v) is 5.79. The molecule has 1 heterocycles. The standard InChI is InChI=1S/C18H24N2S/c1-13-7-8-15(11-14(13)2)16-12-21-17(20-16)18(19)9-5-3-4-6-10-18/h7-8,11-12H,3-6,9-10,19H2,1-2H3. The van der Waals surface area contributed by atoms with Crippen molar-refractivity contribution >= 4 is 11.3 Å². The lowest BCUT2D eigenvalue weighted by molar-refractivity contribution is 0.384. The van der Waals surface area contributed by atoms with E-state index < -0.39 is 0 Å². The van der Waals surface area contributed by atoms with Gasteiger partial charge in [0.25, 0.3) is 0 Å². The van der Waals surface area contributed by atoms with Gasteiger partial charge in [-0.1, -0.05) is 37.8 Å². The summed E-state index contributed by atoms with van der Waals surface area (Å²) in [4.78, 5) is 4.88. The van der Waals surface area contributed by atoms with E-state index in [-0.39, 0.29) is 5.54 Å². The van der Waals surface area contributed by atoms with Gasteiger partial charge in [-0.15, -0.1) is 11.3 Å². The van der Waals surface area contributed by atoms with Crippen LogP contribution in [-0.2, 0) is 5.54 Å². The summed E-state index contributed by atoms with van der Waals surface area (Å²) < 4.78 is 0. The lowest BCUT2D eigenvalue weighted by Crippen LogP contribution is -2.35. The van der Waals surface area contributed by atoms with Gasteiger partial charge in [0.05, 0.1) is 11.2 Å². The summed E-state index contributed by atoms with van der Waals surface area (Å²) in [5, 5.41) is 3.29. The molecule has 0 bridgehead atoms. The highest BCUT2D eigenvalue weighted by Crippen LogP contribution is 2.37. The van der Waals surface area contributed by atoms with Crippen LogP contribution in [0.2, 0.25) is 0 Å². The lowest BCUT2D eigenvalue weighted by atomic mass is 9.92. The van der Waals surface area contributed by atoms with Crippen LogP contribution in [0.15, 0.2) is 23.6 Å². The molecule has 1 fully saturated rings. The number of hydrogen-bond donors (Lipinski definition) is 1. The first-order valence-electron chi connectivity index (χ1n) is 7.91. The Labute approximate surface area is 131 Å². The van der Waals surface area contributed by atoms with Crippen LogP contribution in [0.5, 0.6) is 0 Å². The van der Waals surface area contributed by atoms with Gasteiger partial charge in [-0.3, -0.25) is 0 Å². The minimum absolute atomic E-state index is 0.195. The van der Waals surface area contributed by atoms with Crippen molar-refractivity contribution < 1.29 is 0 Å². The summed E-state index contributed by atoms with van der Waals surface area (Å²) in [6, 6.07) is 6.56. The maximum absolute atomic E-state index is 6.67. The second kappa shape index (κ2) is 5.90. The van der Waals surface area contributed by atoms with Gasteiger partial charge >= 0.3 is 0 Å². The minimum Gasteiger partial charge on any atom is -0.319 e. The molecule has 0 amide bonds. The van der Waals surface area contributed by atoms with Crippen molar-refractivity contribution in [3.8, 4) is 11.3 Å². The van der Waals surface area contributed by atoms with Crippen LogP contribution in [0.4, 0.5) is 0 Å². The quantitative estimate of drug-likeness (QED) is 0.798. The van der Waals surface area contributed by atoms with Crippen molar-refractivity contribution in [2.75, 3.05) is 0 Å². The molecule has 2 aromatic rings. The summed E-state index contributed by atoms with van der Waals surface area (Å²) in [5.41, 5.74) is 11.4. The highest BCUT2D eigenvalue weighted by atomic mass is 32.1. The van der Waals surface area contributed by atoms with Gasteiger partial charge in [-0.2, -0.15) is 0 Å². The van der Waals surface area contributed by atoms with Gasteiger partial charge in [-0.25, -0.2) is 4.98 Å². The van der Waals surface area contributed by atoms with Crippen LogP contribution >= 0.6 is 11.3 Å². The summed E-state index contributed by atoms with van der Waals surface area (Å²) in [5.74, 6) is 0.